The van der Waals surface area contributed by atoms with Crippen LogP contribution in [0, 0.1) is 0 Å². The van der Waals surface area contributed by atoms with Crippen LogP contribution >= 0.6 is 34.5 Å². The second-order valence-electron chi connectivity index (χ2n) is 7.37. The molecule has 0 aliphatic carbocycles. The van der Waals surface area contributed by atoms with E-state index in [2.05, 4.69) is 5.32 Å². The zero-order chi connectivity index (χ0) is 21.4. The molecule has 1 saturated heterocycles. The number of rotatable bonds is 6. The number of aryl methyl sites for hydroxylation is 1. The molecule has 0 radical (unpaired) electrons. The van der Waals surface area contributed by atoms with Crippen LogP contribution in [0.4, 0.5) is 0 Å². The second kappa shape index (κ2) is 8.49. The Balaban J connectivity index is 1.41. The SMILES string of the molecule is O=C(CCc1scc2c1CN(C1CCC(=O)NC1=O)C2=O)Cc1c(Cl)cccc1Cl. The van der Waals surface area contributed by atoms with Crippen LogP contribution in [0.1, 0.15) is 45.6 Å². The summed E-state index contributed by atoms with van der Waals surface area (Å²) in [6.07, 6.45) is 1.53. The third kappa shape index (κ3) is 4.02. The van der Waals surface area contributed by atoms with Gasteiger partial charge in [0.1, 0.15) is 11.8 Å². The van der Waals surface area contributed by atoms with Gasteiger partial charge in [0.05, 0.1) is 5.56 Å². The van der Waals surface area contributed by atoms with Crippen molar-refractivity contribution in [2.24, 2.45) is 0 Å². The third-order valence-corrected chi connectivity index (χ3v) is 7.25. The van der Waals surface area contributed by atoms with Crippen molar-refractivity contribution in [1.29, 1.82) is 0 Å². The maximum absolute atomic E-state index is 12.8. The Kier molecular flexibility index (Phi) is 5.95. The summed E-state index contributed by atoms with van der Waals surface area (Å²) in [6.45, 7) is 0.323. The number of piperidine rings is 1. The number of hydrogen-bond acceptors (Lipinski definition) is 5. The fraction of sp³-hybridized carbons (Fsp3) is 0.333. The van der Waals surface area contributed by atoms with Crippen LogP contribution in [-0.2, 0) is 33.8 Å². The van der Waals surface area contributed by atoms with Crippen molar-refractivity contribution in [3.63, 3.8) is 0 Å². The van der Waals surface area contributed by atoms with Crippen molar-refractivity contribution in [2.75, 3.05) is 0 Å². The van der Waals surface area contributed by atoms with Crippen molar-refractivity contribution >= 4 is 58.0 Å². The summed E-state index contributed by atoms with van der Waals surface area (Å²) in [5.41, 5.74) is 2.08. The standard InChI is InChI=1S/C21H18Cl2N2O4S/c22-15-2-1-3-16(23)12(15)8-11(26)4-6-18-13-9-25(21(29)14(13)10-30-18)17-5-7-19(27)24-20(17)28/h1-3,10,17H,4-9H2,(H,24,27,28). The summed E-state index contributed by atoms with van der Waals surface area (Å²) in [5.74, 6) is -0.925. The molecule has 4 rings (SSSR count). The van der Waals surface area contributed by atoms with Gasteiger partial charge in [-0.25, -0.2) is 0 Å². The van der Waals surface area contributed by atoms with Crippen molar-refractivity contribution in [1.82, 2.24) is 10.2 Å². The van der Waals surface area contributed by atoms with Gasteiger partial charge in [-0.1, -0.05) is 29.3 Å². The molecule has 3 heterocycles. The molecule has 1 aromatic heterocycles. The van der Waals surface area contributed by atoms with Gasteiger partial charge in [0.25, 0.3) is 5.91 Å². The molecule has 1 fully saturated rings. The van der Waals surface area contributed by atoms with Gasteiger partial charge in [0.15, 0.2) is 0 Å². The van der Waals surface area contributed by atoms with E-state index in [4.69, 9.17) is 23.2 Å². The molecule has 0 bridgehead atoms. The number of carbonyl (C=O) groups excluding carboxylic acids is 4. The predicted molar refractivity (Wildman–Crippen MR) is 114 cm³/mol. The molecular formula is C21H18Cl2N2O4S. The number of amides is 3. The Morgan fingerprint density at radius 2 is 1.93 bits per heavy atom. The Morgan fingerprint density at radius 1 is 1.20 bits per heavy atom. The molecule has 6 nitrogen and oxygen atoms in total. The van der Waals surface area contributed by atoms with Crippen LogP contribution < -0.4 is 5.32 Å². The molecule has 1 atom stereocenters. The van der Waals surface area contributed by atoms with Crippen LogP contribution in [0.5, 0.6) is 0 Å². The molecule has 0 saturated carbocycles. The smallest absolute Gasteiger partial charge is 0.256 e. The fourth-order valence-electron chi connectivity index (χ4n) is 3.85. The summed E-state index contributed by atoms with van der Waals surface area (Å²) in [6, 6.07) is 4.51. The number of nitrogens with zero attached hydrogens (tertiary/aromatic N) is 1. The molecule has 156 valence electrons. The quantitative estimate of drug-likeness (QED) is 0.662. The number of benzene rings is 1. The Morgan fingerprint density at radius 3 is 2.63 bits per heavy atom. The third-order valence-electron chi connectivity index (χ3n) is 5.45. The van der Waals surface area contributed by atoms with E-state index in [0.717, 1.165) is 10.4 Å². The van der Waals surface area contributed by atoms with E-state index in [1.54, 1.807) is 23.6 Å². The highest BCUT2D eigenvalue weighted by atomic mass is 35.5. The number of Topliss-reactive ketones (excluding diaryl/α,β-unsaturated/α-hetero) is 1. The number of carbonyl (C=O) groups is 4. The lowest BCUT2D eigenvalue weighted by Gasteiger charge is -2.29. The van der Waals surface area contributed by atoms with Crippen LogP contribution in [-0.4, -0.2) is 34.4 Å². The number of halogens is 2. The van der Waals surface area contributed by atoms with Gasteiger partial charge < -0.3 is 4.90 Å². The highest BCUT2D eigenvalue weighted by Crippen LogP contribution is 2.34. The Hall–Kier alpha value is -2.22. The Bertz CT molecular complexity index is 1050. The molecule has 2 aliphatic heterocycles. The number of hydrogen-bond donors (Lipinski definition) is 1. The van der Waals surface area contributed by atoms with Crippen molar-refractivity contribution in [3.8, 4) is 0 Å². The lowest BCUT2D eigenvalue weighted by molar-refractivity contribution is -0.137. The molecule has 1 unspecified atom stereocenters. The number of fused-ring (bicyclic) bond motifs is 1. The average molecular weight is 465 g/mol. The van der Waals surface area contributed by atoms with Crippen LogP contribution in [0.3, 0.4) is 0 Å². The predicted octanol–water partition coefficient (Wildman–Crippen LogP) is 3.56. The summed E-state index contributed by atoms with van der Waals surface area (Å²) >= 11 is 13.7. The van der Waals surface area contributed by atoms with E-state index < -0.39 is 11.9 Å². The summed E-state index contributed by atoms with van der Waals surface area (Å²) in [7, 11) is 0. The summed E-state index contributed by atoms with van der Waals surface area (Å²) in [4.78, 5) is 51.3. The van der Waals surface area contributed by atoms with Gasteiger partial charge in [-0.15, -0.1) is 11.3 Å². The molecule has 3 amide bonds. The van der Waals surface area contributed by atoms with Crippen molar-refractivity contribution < 1.29 is 19.2 Å². The number of ketones is 1. The maximum atomic E-state index is 12.8. The first-order chi connectivity index (χ1) is 14.3. The molecule has 9 heteroatoms. The molecule has 1 N–H and O–H groups in total. The minimum Gasteiger partial charge on any atom is -0.322 e. The van der Waals surface area contributed by atoms with Gasteiger partial charge in [-0.3, -0.25) is 24.5 Å². The monoisotopic (exact) mass is 464 g/mol. The molecular weight excluding hydrogens is 447 g/mol. The van der Waals surface area contributed by atoms with Gasteiger partial charge in [-0.05, 0) is 36.1 Å². The lowest BCUT2D eigenvalue weighted by atomic mass is 10.0. The lowest BCUT2D eigenvalue weighted by Crippen LogP contribution is -2.52. The minimum atomic E-state index is -0.635. The van der Waals surface area contributed by atoms with E-state index in [0.29, 0.717) is 47.0 Å². The molecule has 2 aliphatic rings. The highest BCUT2D eigenvalue weighted by molar-refractivity contribution is 7.10. The first kappa shape index (κ1) is 21.0. The minimum absolute atomic E-state index is 0.0125. The van der Waals surface area contributed by atoms with Gasteiger partial charge in [0.2, 0.25) is 11.8 Å². The first-order valence-corrected chi connectivity index (χ1v) is 11.2. The van der Waals surface area contributed by atoms with Crippen LogP contribution in [0.15, 0.2) is 23.6 Å². The molecule has 1 aromatic carbocycles. The van der Waals surface area contributed by atoms with Crippen LogP contribution in [0.2, 0.25) is 10.0 Å². The summed E-state index contributed by atoms with van der Waals surface area (Å²) in [5, 5.41) is 5.02. The first-order valence-electron chi connectivity index (χ1n) is 9.53. The van der Waals surface area contributed by atoms with E-state index in [1.165, 1.54) is 16.2 Å². The normalized spacial score (nSPS) is 18.5. The number of imide groups is 1. The second-order valence-corrected chi connectivity index (χ2v) is 9.15. The Labute approximate surface area is 187 Å². The number of thiophene rings is 1. The van der Waals surface area contributed by atoms with E-state index in [1.807, 2.05) is 0 Å². The van der Waals surface area contributed by atoms with Crippen molar-refractivity contribution in [2.45, 2.75) is 44.7 Å². The molecule has 2 aromatic rings. The summed E-state index contributed by atoms with van der Waals surface area (Å²) < 4.78 is 0. The van der Waals surface area contributed by atoms with E-state index >= 15 is 0 Å². The zero-order valence-electron chi connectivity index (χ0n) is 15.9. The van der Waals surface area contributed by atoms with Crippen molar-refractivity contribution in [3.05, 3.63) is 55.2 Å². The maximum Gasteiger partial charge on any atom is 0.256 e. The molecule has 0 spiro atoms. The zero-order valence-corrected chi connectivity index (χ0v) is 18.2. The van der Waals surface area contributed by atoms with E-state index in [9.17, 15) is 19.2 Å². The average Bonchev–Trinajstić information content (AvgIpc) is 3.24. The number of nitrogens with one attached hydrogen (secondary N) is 1. The highest BCUT2D eigenvalue weighted by Gasteiger charge is 2.40. The largest absolute Gasteiger partial charge is 0.322 e. The molecule has 30 heavy (non-hydrogen) atoms. The van der Waals surface area contributed by atoms with E-state index in [-0.39, 0.29) is 30.4 Å². The van der Waals surface area contributed by atoms with Crippen LogP contribution in [0.25, 0.3) is 0 Å². The topological polar surface area (TPSA) is 83.6 Å². The fourth-order valence-corrected chi connectivity index (χ4v) is 5.42. The van der Waals surface area contributed by atoms with Gasteiger partial charge in [-0.2, -0.15) is 0 Å². The van der Waals surface area contributed by atoms with Gasteiger partial charge in [0, 0.05) is 46.1 Å². The van der Waals surface area contributed by atoms with Gasteiger partial charge >= 0.3 is 0 Å².